The number of benzene rings is 1. The van der Waals surface area contributed by atoms with E-state index < -0.39 is 5.91 Å². The summed E-state index contributed by atoms with van der Waals surface area (Å²) >= 11 is 0. The van der Waals surface area contributed by atoms with Crippen molar-refractivity contribution in [2.24, 2.45) is 16.6 Å². The molecule has 236 valence electrons. The van der Waals surface area contributed by atoms with E-state index >= 15 is 0 Å². The molecule has 1 saturated heterocycles. The molecule has 0 radical (unpaired) electrons. The molecule has 2 aliphatic rings. The van der Waals surface area contributed by atoms with Crippen molar-refractivity contribution in [3.05, 3.63) is 59.5 Å². The Hall–Kier alpha value is -3.17. The minimum Gasteiger partial charge on any atom is -0.465 e. The van der Waals surface area contributed by atoms with Crippen molar-refractivity contribution in [3.63, 3.8) is 0 Å². The van der Waals surface area contributed by atoms with Crippen molar-refractivity contribution in [2.75, 3.05) is 27.2 Å². The van der Waals surface area contributed by atoms with E-state index in [1.54, 1.807) is 6.08 Å². The van der Waals surface area contributed by atoms with Gasteiger partial charge in [0.2, 0.25) is 5.91 Å². The number of carbonyl (C=O) groups excluding carboxylic acids is 3. The van der Waals surface area contributed by atoms with E-state index in [9.17, 15) is 19.3 Å². The molecular weight excluding hydrogens is 520 g/mol. The Morgan fingerprint density at radius 1 is 1.02 bits per heavy atom. The number of amides is 2. The maximum atomic E-state index is 10.7. The van der Waals surface area contributed by atoms with Crippen molar-refractivity contribution in [1.29, 1.82) is 0 Å². The molecule has 41 heavy (non-hydrogen) atoms. The lowest BCUT2D eigenvalue weighted by Gasteiger charge is -2.20. The van der Waals surface area contributed by atoms with Crippen LogP contribution < -0.4 is 11.5 Å². The number of ether oxygens (including phenoxy) is 1. The van der Waals surface area contributed by atoms with Crippen molar-refractivity contribution < 1.29 is 19.1 Å². The third-order valence-electron chi connectivity index (χ3n) is 5.31. The van der Waals surface area contributed by atoms with Crippen LogP contribution in [0.3, 0.4) is 0 Å². The highest BCUT2D eigenvalue weighted by Gasteiger charge is 2.14. The molecule has 1 saturated carbocycles. The molecule has 0 spiro atoms. The summed E-state index contributed by atoms with van der Waals surface area (Å²) in [5, 5.41) is 2.35. The lowest BCUT2D eigenvalue weighted by Crippen LogP contribution is -2.24. The summed E-state index contributed by atoms with van der Waals surface area (Å²) < 4.78 is 4.72. The van der Waals surface area contributed by atoms with Crippen LogP contribution in [0.25, 0.3) is 5.57 Å². The zero-order valence-corrected chi connectivity index (χ0v) is 26.8. The van der Waals surface area contributed by atoms with Crippen LogP contribution in [0.5, 0.6) is 0 Å². The lowest BCUT2D eigenvalue weighted by atomic mass is 10.0. The Kier molecular flexibility index (Phi) is 38.1. The fourth-order valence-electron chi connectivity index (χ4n) is 3.41. The normalized spacial score (nSPS) is 13.2. The van der Waals surface area contributed by atoms with Gasteiger partial charge in [-0.3, -0.25) is 14.4 Å². The third-order valence-corrected chi connectivity index (χ3v) is 5.31. The number of carbonyl (C=O) groups is 3. The maximum Gasteiger partial charge on any atom is 0.293 e. The molecule has 1 aromatic rings. The first kappa shape index (κ1) is 44.8. The molecule has 0 bridgehead atoms. The van der Waals surface area contributed by atoms with Gasteiger partial charge in [0.05, 0.1) is 0 Å². The predicted molar refractivity (Wildman–Crippen MR) is 173 cm³/mol. The number of nitrogens with zero attached hydrogens (tertiary/aromatic N) is 2. The standard InChI is InChI=1S/C12H13NO2.C6H13N.C6H10O2.C3H6.C2H5NO.C2H6.CH5N/c1-9(2)11-6-3-10(4-7-11)5-8-12(14)13-15;1-7-5-3-2-4-6-7;7-5-8-6-3-1-2-4-6;1-3-2;1-2(3)4;2*1-2/h3-4,6-7H,1,5,8H2,2H3;2-6H2,1H3;5-6H,1-4H2;3H,1H2,2H3;1H3,(H2,3,4);1-2H3;2H2,1H3. The molecule has 0 aromatic heterocycles. The van der Waals surface area contributed by atoms with Gasteiger partial charge >= 0.3 is 0 Å². The summed E-state index contributed by atoms with van der Waals surface area (Å²) in [5.74, 6) is -0.932. The Bertz CT molecular complexity index is 782. The molecular formula is C32H58N4O5. The molecule has 0 atom stereocenters. The van der Waals surface area contributed by atoms with E-state index in [1.165, 1.54) is 59.2 Å². The van der Waals surface area contributed by atoms with Crippen LogP contribution >= 0.6 is 0 Å². The van der Waals surface area contributed by atoms with Crippen LogP contribution in [0, 0.1) is 4.91 Å². The summed E-state index contributed by atoms with van der Waals surface area (Å²) in [4.78, 5) is 41.9. The number of hydrogen-bond acceptors (Lipinski definition) is 7. The van der Waals surface area contributed by atoms with Crippen molar-refractivity contribution in [2.45, 2.75) is 98.5 Å². The monoisotopic (exact) mass is 578 g/mol. The SMILES string of the molecule is C=C(C)c1ccc(CCC(=O)N=O)cc1.C=CC.CC.CC(N)=O.CN.CN1CCCCC1.O=COC1CCCC1. The smallest absolute Gasteiger partial charge is 0.293 e. The Balaban J connectivity index is -0.000000224. The number of primary amides is 1. The summed E-state index contributed by atoms with van der Waals surface area (Å²) in [5.41, 5.74) is 12.1. The summed E-state index contributed by atoms with van der Waals surface area (Å²) in [6.45, 7) is 19.5. The average Bonchev–Trinajstić information content (AvgIpc) is 3.49. The molecule has 1 aromatic carbocycles. The molecule has 1 aliphatic heterocycles. The molecule has 3 rings (SSSR count). The first-order valence-electron chi connectivity index (χ1n) is 14.4. The van der Waals surface area contributed by atoms with Crippen molar-refractivity contribution in [1.82, 2.24) is 4.90 Å². The first-order valence-corrected chi connectivity index (χ1v) is 14.4. The van der Waals surface area contributed by atoms with Gasteiger partial charge in [0.25, 0.3) is 12.4 Å². The molecule has 9 heteroatoms. The van der Waals surface area contributed by atoms with Crippen LogP contribution in [0.4, 0.5) is 0 Å². The number of aryl methyl sites for hydroxylation is 1. The number of rotatable bonds is 6. The second kappa shape index (κ2) is 34.9. The van der Waals surface area contributed by atoms with Gasteiger partial charge in [0.15, 0.2) is 0 Å². The van der Waals surface area contributed by atoms with E-state index in [1.807, 2.05) is 52.0 Å². The van der Waals surface area contributed by atoms with Gasteiger partial charge in [-0.1, -0.05) is 62.8 Å². The number of likely N-dealkylation sites (tertiary alicyclic amines) is 1. The molecule has 2 fully saturated rings. The Morgan fingerprint density at radius 2 is 1.46 bits per heavy atom. The molecule has 4 N–H and O–H groups in total. The highest BCUT2D eigenvalue weighted by Crippen LogP contribution is 2.19. The third kappa shape index (κ3) is 34.8. The number of hydrogen-bond donors (Lipinski definition) is 2. The van der Waals surface area contributed by atoms with E-state index in [-0.39, 0.29) is 18.4 Å². The minimum absolute atomic E-state index is 0.177. The largest absolute Gasteiger partial charge is 0.465 e. The number of nitrogens with two attached hydrogens (primary N) is 2. The fraction of sp³-hybridized carbons (Fsp3) is 0.594. The van der Waals surface area contributed by atoms with Crippen LogP contribution in [0.1, 0.15) is 97.1 Å². The van der Waals surface area contributed by atoms with Gasteiger partial charge in [-0.05, 0) is 97.1 Å². The van der Waals surface area contributed by atoms with Crippen LogP contribution in [0.2, 0.25) is 0 Å². The fourth-order valence-corrected chi connectivity index (χ4v) is 3.41. The number of piperidine rings is 1. The summed E-state index contributed by atoms with van der Waals surface area (Å²) in [6.07, 6.45) is 11.6. The van der Waals surface area contributed by atoms with Crippen molar-refractivity contribution >= 4 is 23.9 Å². The zero-order valence-electron chi connectivity index (χ0n) is 26.8. The number of nitroso groups, excluding NO2 is 1. The quantitative estimate of drug-likeness (QED) is 0.224. The molecule has 1 heterocycles. The number of allylic oxidation sites excluding steroid dienone is 2. The molecule has 0 unspecified atom stereocenters. The Morgan fingerprint density at radius 3 is 1.78 bits per heavy atom. The summed E-state index contributed by atoms with van der Waals surface area (Å²) in [6, 6.07) is 7.77. The average molecular weight is 579 g/mol. The van der Waals surface area contributed by atoms with E-state index in [4.69, 9.17) is 4.74 Å². The predicted octanol–water partition coefficient (Wildman–Crippen LogP) is 6.43. The molecule has 2 amide bonds. The summed E-state index contributed by atoms with van der Waals surface area (Å²) in [7, 11) is 3.69. The van der Waals surface area contributed by atoms with E-state index in [0.717, 1.165) is 29.5 Å². The topological polar surface area (TPSA) is 145 Å². The second-order valence-corrected chi connectivity index (χ2v) is 8.98. The van der Waals surface area contributed by atoms with Gasteiger partial charge in [-0.25, -0.2) is 0 Å². The van der Waals surface area contributed by atoms with Crippen molar-refractivity contribution in [3.8, 4) is 0 Å². The lowest BCUT2D eigenvalue weighted by molar-refractivity contribution is -0.133. The molecule has 9 nitrogen and oxygen atoms in total. The minimum atomic E-state index is -0.598. The molecule has 1 aliphatic carbocycles. The van der Waals surface area contributed by atoms with Gasteiger partial charge in [0, 0.05) is 18.5 Å². The van der Waals surface area contributed by atoms with E-state index in [2.05, 4.69) is 41.7 Å². The van der Waals surface area contributed by atoms with Gasteiger partial charge < -0.3 is 21.1 Å². The highest BCUT2D eigenvalue weighted by molar-refractivity contribution is 5.76. The van der Waals surface area contributed by atoms with Gasteiger partial charge in [-0.2, -0.15) is 0 Å². The maximum absolute atomic E-state index is 10.7. The van der Waals surface area contributed by atoms with Crippen LogP contribution in [-0.4, -0.2) is 56.5 Å². The van der Waals surface area contributed by atoms with E-state index in [0.29, 0.717) is 12.9 Å². The zero-order chi connectivity index (χ0) is 32.5. The van der Waals surface area contributed by atoms with Gasteiger partial charge in [-0.15, -0.1) is 11.5 Å². The van der Waals surface area contributed by atoms with Crippen LogP contribution in [0.15, 0.2) is 48.7 Å². The van der Waals surface area contributed by atoms with Crippen LogP contribution in [-0.2, 0) is 25.5 Å². The first-order chi connectivity index (χ1) is 19.6. The Labute approximate surface area is 249 Å². The second-order valence-electron chi connectivity index (χ2n) is 8.98. The highest BCUT2D eigenvalue weighted by atomic mass is 16.5. The van der Waals surface area contributed by atoms with Gasteiger partial charge in [0.1, 0.15) is 6.10 Å².